The number of aromatic nitrogens is 2. The summed E-state index contributed by atoms with van der Waals surface area (Å²) in [5.41, 5.74) is 0.138. The first kappa shape index (κ1) is 14.2. The molecule has 1 aliphatic rings. The molecule has 1 aromatic heterocycles. The largest absolute Gasteiger partial charge is 0.368 e. The van der Waals surface area contributed by atoms with Crippen LogP contribution < -0.4 is 5.32 Å². The first-order valence-electron chi connectivity index (χ1n) is 6.91. The van der Waals surface area contributed by atoms with Crippen molar-refractivity contribution in [2.75, 3.05) is 26.0 Å². The third-order valence-corrected chi connectivity index (χ3v) is 4.25. The van der Waals surface area contributed by atoms with Gasteiger partial charge in [-0.25, -0.2) is 9.97 Å². The summed E-state index contributed by atoms with van der Waals surface area (Å²) in [5.74, 6) is 0.806. The minimum atomic E-state index is -0.492. The Hall–Kier alpha value is -1.23. The van der Waals surface area contributed by atoms with Crippen LogP contribution in [0.25, 0.3) is 0 Å². The predicted molar refractivity (Wildman–Crippen MR) is 74.5 cm³/mol. The van der Waals surface area contributed by atoms with E-state index < -0.39 is 5.95 Å². The van der Waals surface area contributed by atoms with E-state index in [0.717, 1.165) is 12.5 Å². The number of anilines is 1. The molecule has 0 radical (unpaired) electrons. The van der Waals surface area contributed by atoms with Crippen LogP contribution in [0.15, 0.2) is 12.4 Å². The summed E-state index contributed by atoms with van der Waals surface area (Å²) in [7, 11) is 4.25. The molecule has 0 aromatic carbocycles. The smallest absolute Gasteiger partial charge is 0.217 e. The molecule has 1 fully saturated rings. The van der Waals surface area contributed by atoms with Crippen LogP contribution in [-0.2, 0) is 0 Å². The van der Waals surface area contributed by atoms with E-state index in [9.17, 15) is 4.39 Å². The monoisotopic (exact) mass is 266 g/mol. The summed E-state index contributed by atoms with van der Waals surface area (Å²) < 4.78 is 13.0. The lowest BCUT2D eigenvalue weighted by atomic mass is 9.75. The summed E-state index contributed by atoms with van der Waals surface area (Å²) in [6.45, 7) is 3.10. The molecule has 0 bridgehead atoms. The molecule has 5 heteroatoms. The van der Waals surface area contributed by atoms with Crippen LogP contribution in [0.3, 0.4) is 0 Å². The van der Waals surface area contributed by atoms with Gasteiger partial charge in [-0.1, -0.05) is 19.8 Å². The average molecular weight is 266 g/mol. The predicted octanol–water partition coefficient (Wildman–Crippen LogP) is 2.54. The Morgan fingerprint density at radius 1 is 1.47 bits per heavy atom. The second kappa shape index (κ2) is 5.82. The maximum atomic E-state index is 13.0. The van der Waals surface area contributed by atoms with Crippen LogP contribution in [0.4, 0.5) is 10.2 Å². The lowest BCUT2D eigenvalue weighted by Gasteiger charge is -2.45. The van der Waals surface area contributed by atoms with Gasteiger partial charge in [0.15, 0.2) is 0 Å². The number of rotatable bonds is 4. The van der Waals surface area contributed by atoms with E-state index >= 15 is 0 Å². The van der Waals surface area contributed by atoms with E-state index in [1.165, 1.54) is 38.1 Å². The number of hydrogen-bond donors (Lipinski definition) is 1. The second-order valence-corrected chi connectivity index (χ2v) is 5.90. The van der Waals surface area contributed by atoms with Gasteiger partial charge in [0.05, 0.1) is 0 Å². The fourth-order valence-corrected chi connectivity index (χ4v) is 3.04. The number of likely N-dealkylation sites (N-methyl/N-ethyl adjacent to an activating group) is 1. The molecule has 1 aromatic rings. The molecule has 2 unspecified atom stereocenters. The third-order valence-electron chi connectivity index (χ3n) is 4.25. The molecule has 4 nitrogen and oxygen atoms in total. The minimum absolute atomic E-state index is 0.138. The van der Waals surface area contributed by atoms with Crippen molar-refractivity contribution in [3.05, 3.63) is 18.3 Å². The molecular weight excluding hydrogens is 243 g/mol. The van der Waals surface area contributed by atoms with Gasteiger partial charge in [-0.3, -0.25) is 0 Å². The summed E-state index contributed by atoms with van der Waals surface area (Å²) in [6, 6.07) is 1.34. The van der Waals surface area contributed by atoms with Gasteiger partial charge in [-0.05, 0) is 32.9 Å². The second-order valence-electron chi connectivity index (χ2n) is 5.90. The summed E-state index contributed by atoms with van der Waals surface area (Å²) in [4.78, 5) is 9.82. The van der Waals surface area contributed by atoms with E-state index in [4.69, 9.17) is 0 Å². The fourth-order valence-electron chi connectivity index (χ4n) is 3.04. The first-order valence-corrected chi connectivity index (χ1v) is 6.91. The maximum absolute atomic E-state index is 13.0. The number of nitrogens with one attached hydrogen (secondary N) is 1. The van der Waals surface area contributed by atoms with E-state index in [2.05, 4.69) is 41.2 Å². The first-order chi connectivity index (χ1) is 9.02. The lowest BCUT2D eigenvalue weighted by molar-refractivity contribution is 0.0881. The lowest BCUT2D eigenvalue weighted by Crippen LogP contribution is -2.52. The number of halogens is 1. The highest BCUT2D eigenvalue weighted by Gasteiger charge is 2.36. The fraction of sp³-hybridized carbons (Fsp3) is 0.714. The molecule has 0 aliphatic heterocycles. The normalized spacial score (nSPS) is 27.5. The van der Waals surface area contributed by atoms with E-state index in [0.29, 0.717) is 5.82 Å². The Balaban J connectivity index is 2.05. The van der Waals surface area contributed by atoms with E-state index in [1.807, 2.05) is 0 Å². The Morgan fingerprint density at radius 3 is 2.89 bits per heavy atom. The number of nitrogens with zero attached hydrogens (tertiary/aromatic N) is 3. The van der Waals surface area contributed by atoms with E-state index in [1.54, 1.807) is 0 Å². The van der Waals surface area contributed by atoms with Crippen molar-refractivity contribution < 1.29 is 4.39 Å². The molecule has 19 heavy (non-hydrogen) atoms. The van der Waals surface area contributed by atoms with Gasteiger partial charge in [-0.15, -0.1) is 0 Å². The molecule has 2 rings (SSSR count). The zero-order valence-electron chi connectivity index (χ0n) is 12.0. The van der Waals surface area contributed by atoms with Crippen LogP contribution in [0, 0.1) is 11.9 Å². The molecular formula is C14H23FN4. The van der Waals surface area contributed by atoms with Crippen molar-refractivity contribution in [1.29, 1.82) is 0 Å². The van der Waals surface area contributed by atoms with Gasteiger partial charge in [-0.2, -0.15) is 4.39 Å². The van der Waals surface area contributed by atoms with Crippen molar-refractivity contribution in [2.45, 2.75) is 38.1 Å². The van der Waals surface area contributed by atoms with Crippen LogP contribution in [-0.4, -0.2) is 41.0 Å². The number of hydrogen-bond acceptors (Lipinski definition) is 4. The molecule has 0 spiro atoms. The van der Waals surface area contributed by atoms with E-state index in [-0.39, 0.29) is 5.54 Å². The summed E-state index contributed by atoms with van der Waals surface area (Å²) in [6.07, 6.45) is 6.14. The molecule has 1 saturated carbocycles. The molecule has 1 aliphatic carbocycles. The Bertz CT molecular complexity index is 424. The summed E-state index contributed by atoms with van der Waals surface area (Å²) >= 11 is 0. The topological polar surface area (TPSA) is 41.1 Å². The molecule has 106 valence electrons. The minimum Gasteiger partial charge on any atom is -0.368 e. The average Bonchev–Trinajstić information content (AvgIpc) is 2.36. The maximum Gasteiger partial charge on any atom is 0.217 e. The van der Waals surface area contributed by atoms with Crippen molar-refractivity contribution >= 4 is 5.82 Å². The highest BCUT2D eigenvalue weighted by molar-refractivity contribution is 5.33. The summed E-state index contributed by atoms with van der Waals surface area (Å²) in [5, 5.41) is 3.27. The van der Waals surface area contributed by atoms with Gasteiger partial charge >= 0.3 is 0 Å². The molecule has 0 saturated heterocycles. The SMILES string of the molecule is CC1CCCC(CNc2cc(F)ncn2)(N(C)C)C1. The quantitative estimate of drug-likeness (QED) is 0.850. The van der Waals surface area contributed by atoms with Gasteiger partial charge in [0.1, 0.15) is 12.1 Å². The standard InChI is InChI=1S/C14H23FN4/c1-11-5-4-6-14(8-11,19(2)3)9-16-13-7-12(15)17-10-18-13/h7,10-11H,4-6,8-9H2,1-3H3,(H,16,17,18). The zero-order chi connectivity index (χ0) is 13.9. The molecule has 0 amide bonds. The van der Waals surface area contributed by atoms with Crippen molar-refractivity contribution in [1.82, 2.24) is 14.9 Å². The molecule has 2 atom stereocenters. The van der Waals surface area contributed by atoms with Gasteiger partial charge < -0.3 is 10.2 Å². The van der Waals surface area contributed by atoms with Crippen LogP contribution in [0.1, 0.15) is 32.6 Å². The van der Waals surface area contributed by atoms with Crippen molar-refractivity contribution in [2.24, 2.45) is 5.92 Å². The Labute approximate surface area is 114 Å². The highest BCUT2D eigenvalue weighted by Crippen LogP contribution is 2.35. The van der Waals surface area contributed by atoms with Crippen molar-refractivity contribution in [3.63, 3.8) is 0 Å². The third kappa shape index (κ3) is 3.41. The van der Waals surface area contributed by atoms with Crippen LogP contribution in [0.5, 0.6) is 0 Å². The Morgan fingerprint density at radius 2 is 2.26 bits per heavy atom. The highest BCUT2D eigenvalue weighted by atomic mass is 19.1. The van der Waals surface area contributed by atoms with Gasteiger partial charge in [0.25, 0.3) is 0 Å². The zero-order valence-corrected chi connectivity index (χ0v) is 12.0. The molecule has 1 N–H and O–H groups in total. The Kier molecular flexibility index (Phi) is 4.34. The van der Waals surface area contributed by atoms with Crippen molar-refractivity contribution in [3.8, 4) is 0 Å². The van der Waals surface area contributed by atoms with Crippen LogP contribution >= 0.6 is 0 Å². The molecule has 1 heterocycles. The van der Waals surface area contributed by atoms with Crippen LogP contribution in [0.2, 0.25) is 0 Å². The van der Waals surface area contributed by atoms with Gasteiger partial charge in [0.2, 0.25) is 5.95 Å². The van der Waals surface area contributed by atoms with Gasteiger partial charge in [0, 0.05) is 18.2 Å².